The third-order valence-electron chi connectivity index (χ3n) is 3.59. The largest absolute Gasteiger partial charge is 0.351 e. The molecule has 25 heavy (non-hydrogen) atoms. The van der Waals surface area contributed by atoms with E-state index in [0.717, 1.165) is 33.7 Å². The van der Waals surface area contributed by atoms with Crippen molar-refractivity contribution in [1.29, 1.82) is 0 Å². The first-order valence-corrected chi connectivity index (χ1v) is 9.86. The highest BCUT2D eigenvalue weighted by Crippen LogP contribution is 2.23. The van der Waals surface area contributed by atoms with Crippen LogP contribution in [0.4, 0.5) is 0 Å². The Labute approximate surface area is 155 Å². The molecule has 0 bridgehead atoms. The summed E-state index contributed by atoms with van der Waals surface area (Å²) < 4.78 is 0. The van der Waals surface area contributed by atoms with Crippen LogP contribution >= 0.6 is 22.7 Å². The van der Waals surface area contributed by atoms with Crippen LogP contribution in [0.25, 0.3) is 10.6 Å². The first-order chi connectivity index (χ1) is 12.3. The van der Waals surface area contributed by atoms with Crippen molar-refractivity contribution in [3.63, 3.8) is 0 Å². The maximum atomic E-state index is 4.68. The average molecular weight is 372 g/mol. The van der Waals surface area contributed by atoms with E-state index in [2.05, 4.69) is 50.0 Å². The number of aryl methyl sites for hydroxylation is 1. The SMILES string of the molecule is CCc1cnc(CNC(=NC)NCc2csc(-c3ccccc3)n2)s1. The van der Waals surface area contributed by atoms with E-state index < -0.39 is 0 Å². The molecule has 0 saturated heterocycles. The van der Waals surface area contributed by atoms with Gasteiger partial charge in [-0.1, -0.05) is 37.3 Å². The molecule has 0 aliphatic heterocycles. The van der Waals surface area contributed by atoms with Crippen LogP contribution in [0.5, 0.6) is 0 Å². The second kappa shape index (κ2) is 8.73. The number of thiazole rings is 2. The third kappa shape index (κ3) is 4.87. The highest BCUT2D eigenvalue weighted by atomic mass is 32.1. The summed E-state index contributed by atoms with van der Waals surface area (Å²) >= 11 is 3.39. The van der Waals surface area contributed by atoms with Crippen molar-refractivity contribution < 1.29 is 0 Å². The number of rotatable bonds is 6. The average Bonchev–Trinajstić information content (AvgIpc) is 3.32. The predicted octanol–water partition coefficient (Wildman–Crippen LogP) is 3.69. The molecular weight excluding hydrogens is 350 g/mol. The second-order valence-corrected chi connectivity index (χ2v) is 7.42. The fourth-order valence-electron chi connectivity index (χ4n) is 2.25. The van der Waals surface area contributed by atoms with Gasteiger partial charge in [0.05, 0.1) is 18.8 Å². The van der Waals surface area contributed by atoms with Crippen LogP contribution in [0.3, 0.4) is 0 Å². The number of nitrogens with zero attached hydrogens (tertiary/aromatic N) is 3. The van der Waals surface area contributed by atoms with E-state index in [0.29, 0.717) is 13.1 Å². The van der Waals surface area contributed by atoms with Gasteiger partial charge in [0.2, 0.25) is 0 Å². The molecule has 3 rings (SSSR count). The summed E-state index contributed by atoms with van der Waals surface area (Å²) in [7, 11) is 1.77. The normalized spacial score (nSPS) is 11.5. The first kappa shape index (κ1) is 17.6. The van der Waals surface area contributed by atoms with Crippen LogP contribution in [0, 0.1) is 0 Å². The summed E-state index contributed by atoms with van der Waals surface area (Å²) in [5, 5.41) is 10.8. The number of hydrogen-bond acceptors (Lipinski definition) is 5. The van der Waals surface area contributed by atoms with Gasteiger partial charge in [0.1, 0.15) is 10.0 Å². The van der Waals surface area contributed by atoms with Gasteiger partial charge in [-0.05, 0) is 6.42 Å². The molecule has 5 nitrogen and oxygen atoms in total. The van der Waals surface area contributed by atoms with Crippen molar-refractivity contribution in [2.75, 3.05) is 7.05 Å². The predicted molar refractivity (Wildman–Crippen MR) is 106 cm³/mol. The lowest BCUT2D eigenvalue weighted by Gasteiger charge is -2.09. The molecule has 130 valence electrons. The molecule has 2 aromatic heterocycles. The van der Waals surface area contributed by atoms with Crippen molar-refractivity contribution in [1.82, 2.24) is 20.6 Å². The van der Waals surface area contributed by atoms with Gasteiger partial charge in [-0.2, -0.15) is 0 Å². The van der Waals surface area contributed by atoms with E-state index in [4.69, 9.17) is 0 Å². The van der Waals surface area contributed by atoms with E-state index in [9.17, 15) is 0 Å². The standard InChI is InChI=1S/C18H21N5S2/c1-3-15-10-20-16(25-15)11-22-18(19-2)21-9-14-12-24-17(23-14)13-7-5-4-6-8-13/h4-8,10,12H,3,9,11H2,1-2H3,(H2,19,21,22). The molecule has 0 aliphatic carbocycles. The molecule has 0 saturated carbocycles. The smallest absolute Gasteiger partial charge is 0.191 e. The molecule has 3 aromatic rings. The van der Waals surface area contributed by atoms with Gasteiger partial charge in [-0.15, -0.1) is 22.7 Å². The lowest BCUT2D eigenvalue weighted by molar-refractivity contribution is 0.795. The molecule has 0 spiro atoms. The van der Waals surface area contributed by atoms with Gasteiger partial charge in [0, 0.05) is 29.1 Å². The maximum absolute atomic E-state index is 4.68. The Morgan fingerprint density at radius 2 is 1.96 bits per heavy atom. The van der Waals surface area contributed by atoms with Crippen LogP contribution in [0.15, 0.2) is 46.9 Å². The van der Waals surface area contributed by atoms with Gasteiger partial charge in [-0.3, -0.25) is 4.99 Å². The molecule has 0 atom stereocenters. The highest BCUT2D eigenvalue weighted by Gasteiger charge is 2.06. The number of nitrogens with one attached hydrogen (secondary N) is 2. The van der Waals surface area contributed by atoms with Gasteiger partial charge in [0.25, 0.3) is 0 Å². The summed E-state index contributed by atoms with van der Waals surface area (Å²) in [6.45, 7) is 3.46. The molecule has 0 radical (unpaired) electrons. The lowest BCUT2D eigenvalue weighted by Crippen LogP contribution is -2.36. The van der Waals surface area contributed by atoms with Crippen molar-refractivity contribution in [3.8, 4) is 10.6 Å². The van der Waals surface area contributed by atoms with Crippen molar-refractivity contribution >= 4 is 28.6 Å². The lowest BCUT2D eigenvalue weighted by atomic mass is 10.2. The van der Waals surface area contributed by atoms with Gasteiger partial charge in [-0.25, -0.2) is 9.97 Å². The highest BCUT2D eigenvalue weighted by molar-refractivity contribution is 7.13. The van der Waals surface area contributed by atoms with Crippen LogP contribution in [0.2, 0.25) is 0 Å². The molecular formula is C18H21N5S2. The van der Waals surface area contributed by atoms with E-state index in [1.165, 1.54) is 4.88 Å². The van der Waals surface area contributed by atoms with Crippen molar-refractivity contribution in [2.24, 2.45) is 4.99 Å². The van der Waals surface area contributed by atoms with Crippen molar-refractivity contribution in [3.05, 3.63) is 57.5 Å². The molecule has 7 heteroatoms. The fourth-order valence-corrected chi connectivity index (χ4v) is 3.88. The zero-order valence-electron chi connectivity index (χ0n) is 14.3. The van der Waals surface area contributed by atoms with Gasteiger partial charge < -0.3 is 10.6 Å². The quantitative estimate of drug-likeness (QED) is 0.512. The second-order valence-electron chi connectivity index (χ2n) is 5.36. The summed E-state index contributed by atoms with van der Waals surface area (Å²) in [5.41, 5.74) is 2.16. The summed E-state index contributed by atoms with van der Waals surface area (Å²) in [5.74, 6) is 0.752. The monoisotopic (exact) mass is 371 g/mol. The number of aromatic nitrogens is 2. The summed E-state index contributed by atoms with van der Waals surface area (Å²) in [6, 6.07) is 10.2. The third-order valence-corrected chi connectivity index (χ3v) is 5.67. The fraction of sp³-hybridized carbons (Fsp3) is 0.278. The Kier molecular flexibility index (Phi) is 6.14. The molecule has 0 unspecified atom stereocenters. The van der Waals surface area contributed by atoms with Crippen molar-refractivity contribution in [2.45, 2.75) is 26.4 Å². The Morgan fingerprint density at radius 1 is 1.16 bits per heavy atom. The van der Waals surface area contributed by atoms with E-state index in [1.54, 1.807) is 29.7 Å². The molecule has 2 N–H and O–H groups in total. The number of aliphatic imine (C=N–C) groups is 1. The minimum atomic E-state index is 0.640. The Balaban J connectivity index is 1.52. The van der Waals surface area contributed by atoms with Gasteiger partial charge >= 0.3 is 0 Å². The molecule has 1 aromatic carbocycles. The topological polar surface area (TPSA) is 62.2 Å². The summed E-state index contributed by atoms with van der Waals surface area (Å²) in [4.78, 5) is 14.7. The maximum Gasteiger partial charge on any atom is 0.191 e. The van der Waals surface area contributed by atoms with Gasteiger partial charge in [0.15, 0.2) is 5.96 Å². The Morgan fingerprint density at radius 3 is 2.68 bits per heavy atom. The van der Waals surface area contributed by atoms with Crippen LogP contribution in [-0.2, 0) is 19.5 Å². The zero-order valence-corrected chi connectivity index (χ0v) is 16.0. The van der Waals surface area contributed by atoms with E-state index >= 15 is 0 Å². The van der Waals surface area contributed by atoms with Crippen LogP contribution < -0.4 is 10.6 Å². The summed E-state index contributed by atoms with van der Waals surface area (Å²) in [6.07, 6.45) is 2.97. The minimum absolute atomic E-state index is 0.640. The molecule has 0 fully saturated rings. The molecule has 2 heterocycles. The number of hydrogen-bond donors (Lipinski definition) is 2. The first-order valence-electron chi connectivity index (χ1n) is 8.16. The Hall–Kier alpha value is -2.25. The van der Waals surface area contributed by atoms with E-state index in [-0.39, 0.29) is 0 Å². The molecule has 0 amide bonds. The number of benzene rings is 1. The van der Waals surface area contributed by atoms with E-state index in [1.807, 2.05) is 24.4 Å². The Bertz CT molecular complexity index is 823. The van der Waals surface area contributed by atoms with Crippen LogP contribution in [-0.4, -0.2) is 23.0 Å². The number of guanidine groups is 1. The van der Waals surface area contributed by atoms with Crippen LogP contribution in [0.1, 0.15) is 22.5 Å². The molecule has 0 aliphatic rings. The minimum Gasteiger partial charge on any atom is -0.351 e. The zero-order chi connectivity index (χ0) is 17.5.